The molecule has 92 valence electrons. The van der Waals surface area contributed by atoms with Gasteiger partial charge in [-0.25, -0.2) is 0 Å². The molecule has 0 amide bonds. The van der Waals surface area contributed by atoms with Crippen molar-refractivity contribution in [2.24, 2.45) is 0 Å². The number of rotatable bonds is 3. The Balaban J connectivity index is 2.48. The number of aryl methyl sites for hydroxylation is 1. The third-order valence-electron chi connectivity index (χ3n) is 3.22. The maximum absolute atomic E-state index is 5.71. The first-order chi connectivity index (χ1) is 8.13. The normalized spacial score (nSPS) is 15.3. The third kappa shape index (κ3) is 2.55. The zero-order valence-corrected chi connectivity index (χ0v) is 12.1. The number of hydrogen-bond donors (Lipinski definition) is 1. The van der Waals surface area contributed by atoms with Crippen molar-refractivity contribution in [1.82, 2.24) is 5.32 Å². The van der Waals surface area contributed by atoms with Crippen LogP contribution < -0.4 is 10.1 Å². The maximum Gasteiger partial charge on any atom is 0.141 e. The molecule has 0 bridgehead atoms. The van der Waals surface area contributed by atoms with E-state index in [1.54, 1.807) is 0 Å². The number of ether oxygens (including phenoxy) is 1. The highest BCUT2D eigenvalue weighted by atomic mass is 79.9. The molecule has 1 aliphatic heterocycles. The molecule has 0 fully saturated rings. The average Bonchev–Trinajstić information content (AvgIpc) is 2.34. The first-order valence-corrected chi connectivity index (χ1v) is 6.71. The second kappa shape index (κ2) is 5.23. The van der Waals surface area contributed by atoms with Gasteiger partial charge < -0.3 is 10.1 Å². The first-order valence-electron chi connectivity index (χ1n) is 5.92. The third-order valence-corrected chi connectivity index (χ3v) is 3.81. The molecule has 2 rings (SSSR count). The molecule has 0 saturated heterocycles. The molecule has 0 radical (unpaired) electrons. The fraction of sp³-hybridized carbons (Fsp3) is 0.429. The highest BCUT2D eigenvalue weighted by Crippen LogP contribution is 2.37. The molecule has 0 aromatic heterocycles. The van der Waals surface area contributed by atoms with Gasteiger partial charge in [0.1, 0.15) is 12.4 Å². The summed E-state index contributed by atoms with van der Waals surface area (Å²) in [5.74, 6) is 0.983. The van der Waals surface area contributed by atoms with E-state index in [0.717, 1.165) is 16.6 Å². The highest BCUT2D eigenvalue weighted by molar-refractivity contribution is 9.10. The van der Waals surface area contributed by atoms with Gasteiger partial charge in [0.25, 0.3) is 0 Å². The van der Waals surface area contributed by atoms with Gasteiger partial charge in [0.15, 0.2) is 0 Å². The van der Waals surface area contributed by atoms with Crippen molar-refractivity contribution < 1.29 is 4.74 Å². The summed E-state index contributed by atoms with van der Waals surface area (Å²) in [7, 11) is 2.00. The monoisotopic (exact) mass is 295 g/mol. The molecule has 1 N–H and O–H groups in total. The lowest BCUT2D eigenvalue weighted by molar-refractivity contribution is 0.355. The predicted molar refractivity (Wildman–Crippen MR) is 75.6 cm³/mol. The zero-order valence-electron chi connectivity index (χ0n) is 10.5. The molecular weight excluding hydrogens is 278 g/mol. The standard InChI is InChI=1S/C14H18BrNO/c1-9-7-13(15)14-11(5-4-6-17-14)12(9)8-10(2)16-3/h4-5,7,10,16H,6,8H2,1-3H3. The Morgan fingerprint density at radius 3 is 3.00 bits per heavy atom. The lowest BCUT2D eigenvalue weighted by atomic mass is 9.94. The molecule has 1 atom stereocenters. The van der Waals surface area contributed by atoms with Crippen LogP contribution in [-0.4, -0.2) is 19.7 Å². The molecule has 1 aliphatic rings. The quantitative estimate of drug-likeness (QED) is 0.924. The van der Waals surface area contributed by atoms with Gasteiger partial charge in [0, 0.05) is 11.6 Å². The van der Waals surface area contributed by atoms with Crippen LogP contribution in [0, 0.1) is 6.92 Å². The highest BCUT2D eigenvalue weighted by Gasteiger charge is 2.17. The van der Waals surface area contributed by atoms with Crippen LogP contribution in [0.4, 0.5) is 0 Å². The molecule has 2 nitrogen and oxygen atoms in total. The molecule has 1 heterocycles. The van der Waals surface area contributed by atoms with Crippen molar-refractivity contribution in [3.8, 4) is 5.75 Å². The Morgan fingerprint density at radius 2 is 2.29 bits per heavy atom. The zero-order chi connectivity index (χ0) is 12.4. The predicted octanol–water partition coefficient (Wildman–Crippen LogP) is 3.31. The van der Waals surface area contributed by atoms with Gasteiger partial charge >= 0.3 is 0 Å². The molecule has 1 unspecified atom stereocenters. The van der Waals surface area contributed by atoms with Crippen LogP contribution in [0.1, 0.15) is 23.6 Å². The molecule has 0 aliphatic carbocycles. The maximum atomic E-state index is 5.71. The SMILES string of the molecule is CNC(C)Cc1c(C)cc(Br)c2c1C=CCO2. The summed E-state index contributed by atoms with van der Waals surface area (Å²) in [6, 6.07) is 2.62. The van der Waals surface area contributed by atoms with Gasteiger partial charge in [-0.15, -0.1) is 0 Å². The molecule has 17 heavy (non-hydrogen) atoms. The van der Waals surface area contributed by atoms with Crippen LogP contribution in [-0.2, 0) is 6.42 Å². The van der Waals surface area contributed by atoms with E-state index in [2.05, 4.69) is 53.3 Å². The average molecular weight is 296 g/mol. The van der Waals surface area contributed by atoms with E-state index in [1.165, 1.54) is 16.7 Å². The van der Waals surface area contributed by atoms with E-state index in [9.17, 15) is 0 Å². The van der Waals surface area contributed by atoms with Crippen LogP contribution in [0.2, 0.25) is 0 Å². The van der Waals surface area contributed by atoms with Crippen LogP contribution in [0.15, 0.2) is 16.6 Å². The topological polar surface area (TPSA) is 21.3 Å². The molecule has 0 spiro atoms. The van der Waals surface area contributed by atoms with Crippen molar-refractivity contribution in [2.75, 3.05) is 13.7 Å². The van der Waals surface area contributed by atoms with Gasteiger partial charge in [-0.1, -0.05) is 6.08 Å². The van der Waals surface area contributed by atoms with Crippen LogP contribution in [0.25, 0.3) is 6.08 Å². The number of halogens is 1. The summed E-state index contributed by atoms with van der Waals surface area (Å²) in [6.45, 7) is 5.02. The molecule has 3 heteroatoms. The van der Waals surface area contributed by atoms with E-state index in [1.807, 2.05) is 7.05 Å². The van der Waals surface area contributed by atoms with Gasteiger partial charge in [0.05, 0.1) is 4.47 Å². The number of benzene rings is 1. The Hall–Kier alpha value is -0.800. The lowest BCUT2D eigenvalue weighted by Crippen LogP contribution is -2.24. The van der Waals surface area contributed by atoms with Crippen molar-refractivity contribution in [3.63, 3.8) is 0 Å². The van der Waals surface area contributed by atoms with Gasteiger partial charge in [-0.05, 0) is 66.5 Å². The Morgan fingerprint density at radius 1 is 1.53 bits per heavy atom. The van der Waals surface area contributed by atoms with Crippen molar-refractivity contribution >= 4 is 22.0 Å². The molecule has 0 saturated carbocycles. The summed E-state index contributed by atoms with van der Waals surface area (Å²) in [6.07, 6.45) is 5.27. The largest absolute Gasteiger partial charge is 0.488 e. The van der Waals surface area contributed by atoms with Crippen molar-refractivity contribution in [2.45, 2.75) is 26.3 Å². The van der Waals surface area contributed by atoms with E-state index >= 15 is 0 Å². The van der Waals surface area contributed by atoms with Gasteiger partial charge in [0.2, 0.25) is 0 Å². The smallest absolute Gasteiger partial charge is 0.141 e. The minimum atomic E-state index is 0.467. The molecular formula is C14H18BrNO. The summed E-state index contributed by atoms with van der Waals surface area (Å²) in [4.78, 5) is 0. The first kappa shape index (κ1) is 12.7. The van der Waals surface area contributed by atoms with Crippen LogP contribution in [0.5, 0.6) is 5.75 Å². The minimum Gasteiger partial charge on any atom is -0.488 e. The van der Waals surface area contributed by atoms with Crippen molar-refractivity contribution in [1.29, 1.82) is 0 Å². The second-order valence-corrected chi connectivity index (χ2v) is 5.36. The summed E-state index contributed by atoms with van der Waals surface area (Å²) in [5.41, 5.74) is 3.92. The fourth-order valence-electron chi connectivity index (χ4n) is 2.12. The molecule has 1 aromatic rings. The van der Waals surface area contributed by atoms with Crippen LogP contribution >= 0.6 is 15.9 Å². The van der Waals surface area contributed by atoms with Gasteiger partial charge in [-0.3, -0.25) is 0 Å². The van der Waals surface area contributed by atoms with E-state index in [4.69, 9.17) is 4.74 Å². The minimum absolute atomic E-state index is 0.467. The van der Waals surface area contributed by atoms with Crippen LogP contribution in [0.3, 0.4) is 0 Å². The van der Waals surface area contributed by atoms with Gasteiger partial charge in [-0.2, -0.15) is 0 Å². The Kier molecular flexibility index (Phi) is 3.89. The second-order valence-electron chi connectivity index (χ2n) is 4.50. The Labute approximate surface area is 111 Å². The number of fused-ring (bicyclic) bond motifs is 1. The Bertz CT molecular complexity index is 454. The number of likely N-dealkylation sites (N-methyl/N-ethyl adjacent to an activating group) is 1. The van der Waals surface area contributed by atoms with E-state index < -0.39 is 0 Å². The summed E-state index contributed by atoms with van der Waals surface area (Å²) >= 11 is 3.58. The van der Waals surface area contributed by atoms with Crippen molar-refractivity contribution in [3.05, 3.63) is 33.3 Å². The number of hydrogen-bond acceptors (Lipinski definition) is 2. The number of nitrogens with one attached hydrogen (secondary N) is 1. The van der Waals surface area contributed by atoms with E-state index in [0.29, 0.717) is 12.6 Å². The molecule has 1 aromatic carbocycles. The summed E-state index contributed by atoms with van der Waals surface area (Å²) in [5, 5.41) is 3.29. The fourth-order valence-corrected chi connectivity index (χ4v) is 2.79. The summed E-state index contributed by atoms with van der Waals surface area (Å²) < 4.78 is 6.76. The lowest BCUT2D eigenvalue weighted by Gasteiger charge is -2.21. The van der Waals surface area contributed by atoms with E-state index in [-0.39, 0.29) is 0 Å².